The highest BCUT2D eigenvalue weighted by molar-refractivity contribution is 7.89. The number of aromatic nitrogens is 1. The number of allylic oxidation sites excluding steroid dienone is 2. The Kier molecular flexibility index (Phi) is 7.59. The van der Waals surface area contributed by atoms with Crippen LogP contribution >= 0.6 is 0 Å². The Morgan fingerprint density at radius 2 is 2.11 bits per heavy atom. The smallest absolute Gasteiger partial charge is 0.272 e. The van der Waals surface area contributed by atoms with Gasteiger partial charge in [-0.25, -0.2) is 8.42 Å². The molecule has 1 aromatic heterocycles. The van der Waals surface area contributed by atoms with Crippen LogP contribution in [-0.2, 0) is 10.0 Å². The molecule has 3 atom stereocenters. The predicted molar refractivity (Wildman–Crippen MR) is 133 cm³/mol. The van der Waals surface area contributed by atoms with E-state index in [0.717, 1.165) is 24.8 Å². The summed E-state index contributed by atoms with van der Waals surface area (Å²) in [5.41, 5.74) is 2.47. The summed E-state index contributed by atoms with van der Waals surface area (Å²) in [6, 6.07) is 9.81. The maximum atomic E-state index is 13.6. The van der Waals surface area contributed by atoms with Crippen molar-refractivity contribution >= 4 is 21.5 Å². The van der Waals surface area contributed by atoms with Crippen molar-refractivity contribution in [3.63, 3.8) is 0 Å². The zero-order valence-corrected chi connectivity index (χ0v) is 21.2. The van der Waals surface area contributed by atoms with Gasteiger partial charge in [-0.15, -0.1) is 0 Å². The SMILES string of the molecule is C[C@@H]1CN([C@H](C)CO)S(=O)(=O)c2ccc(C3=CCCC3)cc2O[C@H]1CN(C)C(=O)c1ccccn1. The molecule has 0 unspecified atom stereocenters. The molecule has 1 amide bonds. The monoisotopic (exact) mass is 499 g/mol. The van der Waals surface area contributed by atoms with E-state index in [-0.39, 0.29) is 42.2 Å². The van der Waals surface area contributed by atoms with Crippen LogP contribution in [0.3, 0.4) is 0 Å². The number of nitrogens with zero attached hydrogens (tertiary/aromatic N) is 3. The van der Waals surface area contributed by atoms with Gasteiger partial charge in [-0.3, -0.25) is 9.78 Å². The summed E-state index contributed by atoms with van der Waals surface area (Å²) >= 11 is 0. The molecule has 9 heteroatoms. The number of fused-ring (bicyclic) bond motifs is 1. The lowest BCUT2D eigenvalue weighted by molar-refractivity contribution is 0.0559. The van der Waals surface area contributed by atoms with Gasteiger partial charge in [0.1, 0.15) is 22.4 Å². The van der Waals surface area contributed by atoms with Crippen LogP contribution in [0.2, 0.25) is 0 Å². The van der Waals surface area contributed by atoms with Gasteiger partial charge in [-0.2, -0.15) is 4.31 Å². The Morgan fingerprint density at radius 1 is 1.31 bits per heavy atom. The second kappa shape index (κ2) is 10.5. The van der Waals surface area contributed by atoms with Crippen LogP contribution in [-0.4, -0.2) is 72.5 Å². The second-order valence-corrected chi connectivity index (χ2v) is 11.3. The lowest BCUT2D eigenvalue weighted by atomic mass is 10.0. The average Bonchev–Trinajstić information content (AvgIpc) is 3.40. The van der Waals surface area contributed by atoms with Crippen LogP contribution in [0.25, 0.3) is 5.57 Å². The number of pyridine rings is 1. The molecule has 0 bridgehead atoms. The first-order valence-electron chi connectivity index (χ1n) is 12.0. The second-order valence-electron chi connectivity index (χ2n) is 9.42. The minimum atomic E-state index is -3.90. The number of aliphatic hydroxyl groups is 1. The molecule has 8 nitrogen and oxygen atoms in total. The molecule has 4 rings (SSSR count). The molecular weight excluding hydrogens is 466 g/mol. The number of likely N-dealkylation sites (N-methyl/N-ethyl adjacent to an activating group) is 1. The number of ether oxygens (including phenoxy) is 1. The maximum absolute atomic E-state index is 13.6. The first-order chi connectivity index (χ1) is 16.7. The van der Waals surface area contributed by atoms with Crippen LogP contribution in [0.1, 0.15) is 49.2 Å². The number of rotatable bonds is 6. The van der Waals surface area contributed by atoms with E-state index in [1.165, 1.54) is 9.88 Å². The highest BCUT2D eigenvalue weighted by Crippen LogP contribution is 2.37. The van der Waals surface area contributed by atoms with Crippen LogP contribution in [0.4, 0.5) is 0 Å². The summed E-state index contributed by atoms with van der Waals surface area (Å²) in [6.45, 7) is 3.72. The number of sulfonamides is 1. The third kappa shape index (κ3) is 5.27. The lowest BCUT2D eigenvalue weighted by Gasteiger charge is -2.37. The summed E-state index contributed by atoms with van der Waals surface area (Å²) in [4.78, 5) is 18.7. The van der Waals surface area contributed by atoms with E-state index in [2.05, 4.69) is 11.1 Å². The van der Waals surface area contributed by atoms with Gasteiger partial charge >= 0.3 is 0 Å². The molecule has 0 saturated heterocycles. The van der Waals surface area contributed by atoms with E-state index in [0.29, 0.717) is 5.69 Å². The predicted octanol–water partition coefficient (Wildman–Crippen LogP) is 3.19. The number of amides is 1. The fourth-order valence-electron chi connectivity index (χ4n) is 4.61. The van der Waals surface area contributed by atoms with Crippen molar-refractivity contribution < 1.29 is 23.1 Å². The highest BCUT2D eigenvalue weighted by atomic mass is 32.2. The summed E-state index contributed by atoms with van der Waals surface area (Å²) < 4.78 is 35.0. The largest absolute Gasteiger partial charge is 0.487 e. The minimum Gasteiger partial charge on any atom is -0.487 e. The van der Waals surface area contributed by atoms with Crippen molar-refractivity contribution in [3.8, 4) is 5.75 Å². The highest BCUT2D eigenvalue weighted by Gasteiger charge is 2.38. The molecule has 0 fully saturated rings. The summed E-state index contributed by atoms with van der Waals surface area (Å²) in [7, 11) is -2.21. The number of carbonyl (C=O) groups is 1. The fourth-order valence-corrected chi connectivity index (χ4v) is 6.44. The van der Waals surface area contributed by atoms with Crippen molar-refractivity contribution in [2.45, 2.75) is 50.2 Å². The third-order valence-corrected chi connectivity index (χ3v) is 8.78. The first-order valence-corrected chi connectivity index (χ1v) is 13.5. The molecule has 1 aromatic carbocycles. The Morgan fingerprint density at radius 3 is 2.77 bits per heavy atom. The molecule has 0 spiro atoms. The van der Waals surface area contributed by atoms with Gasteiger partial charge in [0, 0.05) is 31.7 Å². The number of hydrogen-bond acceptors (Lipinski definition) is 6. The van der Waals surface area contributed by atoms with E-state index in [1.807, 2.05) is 13.0 Å². The van der Waals surface area contributed by atoms with E-state index < -0.39 is 22.2 Å². The van der Waals surface area contributed by atoms with Crippen molar-refractivity contribution in [1.82, 2.24) is 14.2 Å². The summed E-state index contributed by atoms with van der Waals surface area (Å²) in [5, 5.41) is 9.81. The van der Waals surface area contributed by atoms with Crippen molar-refractivity contribution in [2.24, 2.45) is 5.92 Å². The molecule has 0 radical (unpaired) electrons. The van der Waals surface area contributed by atoms with Gasteiger partial charge < -0.3 is 14.7 Å². The molecule has 1 N–H and O–H groups in total. The van der Waals surface area contributed by atoms with Gasteiger partial charge in [0.25, 0.3) is 5.91 Å². The molecule has 1 aliphatic heterocycles. The molecule has 2 aliphatic rings. The van der Waals surface area contributed by atoms with Gasteiger partial charge in [0.05, 0.1) is 13.2 Å². The number of carbonyl (C=O) groups excluding carboxylic acids is 1. The van der Waals surface area contributed by atoms with Gasteiger partial charge in [-0.05, 0) is 61.6 Å². The average molecular weight is 500 g/mol. The Hall–Kier alpha value is -2.75. The van der Waals surface area contributed by atoms with E-state index in [9.17, 15) is 18.3 Å². The van der Waals surface area contributed by atoms with E-state index in [4.69, 9.17) is 4.74 Å². The number of aliphatic hydroxyl groups excluding tert-OH is 1. The van der Waals surface area contributed by atoms with E-state index >= 15 is 0 Å². The Bertz CT molecular complexity index is 1200. The van der Waals surface area contributed by atoms with Crippen LogP contribution in [0, 0.1) is 5.92 Å². The quantitative estimate of drug-likeness (QED) is 0.655. The normalized spacial score (nSPS) is 22.8. The molecule has 2 heterocycles. The van der Waals surface area contributed by atoms with Gasteiger partial charge in [0.15, 0.2) is 0 Å². The Balaban J connectivity index is 1.72. The topological polar surface area (TPSA) is 100 Å². The third-order valence-electron chi connectivity index (χ3n) is 6.76. The fraction of sp³-hybridized carbons (Fsp3) is 0.462. The van der Waals surface area contributed by atoms with Crippen LogP contribution in [0.5, 0.6) is 5.75 Å². The van der Waals surface area contributed by atoms with E-state index in [1.54, 1.807) is 55.4 Å². The van der Waals surface area contributed by atoms with Crippen LogP contribution < -0.4 is 4.74 Å². The van der Waals surface area contributed by atoms with Gasteiger partial charge in [-0.1, -0.05) is 25.1 Å². The zero-order chi connectivity index (χ0) is 25.2. The first kappa shape index (κ1) is 25.3. The van der Waals surface area contributed by atoms with Gasteiger partial charge in [0.2, 0.25) is 10.0 Å². The molecule has 0 saturated carbocycles. The van der Waals surface area contributed by atoms with Crippen molar-refractivity contribution in [3.05, 3.63) is 59.9 Å². The number of benzene rings is 1. The Labute approximate surface area is 207 Å². The lowest BCUT2D eigenvalue weighted by Crippen LogP contribution is -2.50. The molecule has 1 aliphatic carbocycles. The molecule has 2 aromatic rings. The molecule has 188 valence electrons. The molecule has 35 heavy (non-hydrogen) atoms. The summed E-state index contributed by atoms with van der Waals surface area (Å²) in [6.07, 6.45) is 6.31. The van der Waals surface area contributed by atoms with Crippen LogP contribution in [0.15, 0.2) is 53.6 Å². The minimum absolute atomic E-state index is 0.0794. The maximum Gasteiger partial charge on any atom is 0.272 e. The molecular formula is C26H33N3O5S. The van der Waals surface area contributed by atoms with Crippen molar-refractivity contribution in [1.29, 1.82) is 0 Å². The van der Waals surface area contributed by atoms with Crippen molar-refractivity contribution in [2.75, 3.05) is 26.7 Å². The number of hydrogen-bond donors (Lipinski definition) is 1. The summed E-state index contributed by atoms with van der Waals surface area (Å²) in [5.74, 6) is -0.206. The zero-order valence-electron chi connectivity index (χ0n) is 20.4. The standard InChI is InChI=1S/C26H33N3O5S/c1-18-15-29(19(2)17-30)35(32,33)25-12-11-21(20-8-4-5-9-20)14-23(25)34-24(18)16-28(3)26(31)22-10-6-7-13-27-22/h6-8,10-14,18-19,24,30H,4-5,9,15-17H2,1-3H3/t18-,19-,24+/m1/s1.